The Kier molecular flexibility index (Phi) is 14.0. The Morgan fingerprint density at radius 2 is 1.89 bits per heavy atom. The quantitative estimate of drug-likeness (QED) is 0.0710. The highest BCUT2D eigenvalue weighted by Crippen LogP contribution is 2.43. The molecule has 11 heteroatoms. The van der Waals surface area contributed by atoms with Crippen molar-refractivity contribution < 1.29 is 38.4 Å². The third-order valence-electron chi connectivity index (χ3n) is 8.54. The van der Waals surface area contributed by atoms with E-state index in [4.69, 9.17) is 24.7 Å². The fraction of sp³-hybridized carbons (Fsp3) is 0.727. The number of ether oxygens (including phenoxy) is 4. The number of nitrogens with two attached hydrogens (primary N) is 1. The molecule has 0 saturated carbocycles. The van der Waals surface area contributed by atoms with E-state index in [0.717, 1.165) is 31.3 Å². The maximum atomic E-state index is 12.5. The number of carbonyl (C=O) groups is 3. The van der Waals surface area contributed by atoms with E-state index in [1.165, 1.54) is 13.0 Å². The number of allylic oxidation sites excluding steroid dienone is 2. The van der Waals surface area contributed by atoms with Crippen LogP contribution < -0.4 is 16.4 Å². The summed E-state index contributed by atoms with van der Waals surface area (Å²) in [6, 6.07) is -0.125. The number of aliphatic hydroxyl groups excluding tert-OH is 1. The number of hydrogen-bond acceptors (Lipinski definition) is 9. The molecule has 0 radical (unpaired) electrons. The smallest absolute Gasteiger partial charge is 0.303 e. The molecule has 5 N–H and O–H groups in total. The van der Waals surface area contributed by atoms with Crippen LogP contribution in [0.2, 0.25) is 0 Å². The molecule has 3 rings (SSSR count). The van der Waals surface area contributed by atoms with E-state index in [2.05, 4.69) is 23.6 Å². The van der Waals surface area contributed by atoms with Crippen LogP contribution in [-0.2, 0) is 33.3 Å². The van der Waals surface area contributed by atoms with Gasteiger partial charge < -0.3 is 40.4 Å². The van der Waals surface area contributed by atoms with Crippen LogP contribution in [0.4, 0.5) is 0 Å². The van der Waals surface area contributed by atoms with Gasteiger partial charge in [-0.25, -0.2) is 0 Å². The number of unbranched alkanes of at least 4 members (excludes halogenated alkanes) is 2. The van der Waals surface area contributed by atoms with Crippen molar-refractivity contribution in [3.8, 4) is 0 Å². The van der Waals surface area contributed by atoms with Gasteiger partial charge in [0.2, 0.25) is 11.8 Å². The minimum atomic E-state index is -0.795. The molecule has 3 fully saturated rings. The SMILES string of the molecule is CC(=O)OC(C)C=CC(=O)N[C@@H]1C[C@H](C)[C@H](C/C=C(C)/C=C/[C@H]2O[C@H](CC(=O)NCCCCCN)C[C@@]3(CO3)[C@@H]2O)O[C@@H]1C. The first-order valence-electron chi connectivity index (χ1n) is 16.0. The summed E-state index contributed by atoms with van der Waals surface area (Å²) in [5.74, 6) is -0.483. The summed E-state index contributed by atoms with van der Waals surface area (Å²) in [7, 11) is 0. The van der Waals surface area contributed by atoms with E-state index in [1.54, 1.807) is 13.0 Å². The van der Waals surface area contributed by atoms with E-state index in [9.17, 15) is 19.5 Å². The highest BCUT2D eigenvalue weighted by molar-refractivity contribution is 5.87. The van der Waals surface area contributed by atoms with Crippen LogP contribution in [0.3, 0.4) is 0 Å². The number of nitrogens with one attached hydrogen (secondary N) is 2. The molecule has 0 aromatic carbocycles. The van der Waals surface area contributed by atoms with Gasteiger partial charge in [0, 0.05) is 26.0 Å². The highest BCUT2D eigenvalue weighted by atomic mass is 16.6. The van der Waals surface area contributed by atoms with Crippen molar-refractivity contribution in [2.24, 2.45) is 11.7 Å². The normalized spacial score (nSPS) is 33.0. The first-order valence-corrected chi connectivity index (χ1v) is 16.0. The summed E-state index contributed by atoms with van der Waals surface area (Å²) in [5.41, 5.74) is 5.89. The van der Waals surface area contributed by atoms with Crippen molar-refractivity contribution in [3.63, 3.8) is 0 Å². The van der Waals surface area contributed by atoms with Crippen molar-refractivity contribution in [1.29, 1.82) is 0 Å². The summed E-state index contributed by atoms with van der Waals surface area (Å²) in [6.45, 7) is 10.8. The van der Waals surface area contributed by atoms with Gasteiger partial charge in [-0.15, -0.1) is 0 Å². The summed E-state index contributed by atoms with van der Waals surface area (Å²) in [5, 5.41) is 16.9. The van der Waals surface area contributed by atoms with E-state index in [-0.39, 0.29) is 48.5 Å². The monoisotopic (exact) mass is 619 g/mol. The molecule has 1 spiro atoms. The van der Waals surface area contributed by atoms with E-state index in [1.807, 2.05) is 26.0 Å². The second kappa shape index (κ2) is 17.2. The number of hydrogen-bond donors (Lipinski definition) is 4. The molecule has 3 aliphatic heterocycles. The summed E-state index contributed by atoms with van der Waals surface area (Å²) in [4.78, 5) is 35.9. The first kappa shape index (κ1) is 35.9. The van der Waals surface area contributed by atoms with Crippen LogP contribution in [0.25, 0.3) is 0 Å². The Morgan fingerprint density at radius 1 is 1.14 bits per heavy atom. The number of carbonyl (C=O) groups excluding carboxylic acids is 3. The minimum absolute atomic E-state index is 0.00103. The zero-order valence-corrected chi connectivity index (χ0v) is 27.0. The average molecular weight is 620 g/mol. The van der Waals surface area contributed by atoms with E-state index in [0.29, 0.717) is 32.5 Å². The molecular weight excluding hydrogens is 566 g/mol. The summed E-state index contributed by atoms with van der Waals surface area (Å²) < 4.78 is 23.1. The molecule has 44 heavy (non-hydrogen) atoms. The van der Waals surface area contributed by atoms with Gasteiger partial charge in [0.25, 0.3) is 0 Å². The van der Waals surface area contributed by atoms with Crippen LogP contribution in [0.1, 0.15) is 79.6 Å². The number of epoxide rings is 1. The molecule has 1 unspecified atom stereocenters. The Morgan fingerprint density at radius 3 is 2.57 bits per heavy atom. The largest absolute Gasteiger partial charge is 0.459 e. The first-order chi connectivity index (χ1) is 20.9. The van der Waals surface area contributed by atoms with Crippen LogP contribution >= 0.6 is 0 Å². The molecule has 0 aliphatic carbocycles. The van der Waals surface area contributed by atoms with Crippen LogP contribution in [0, 0.1) is 5.92 Å². The van der Waals surface area contributed by atoms with Gasteiger partial charge in [0.15, 0.2) is 0 Å². The Bertz CT molecular complexity index is 1060. The molecule has 3 heterocycles. The molecule has 248 valence electrons. The second-order valence-electron chi connectivity index (χ2n) is 12.6. The fourth-order valence-electron chi connectivity index (χ4n) is 5.84. The molecule has 3 saturated heterocycles. The van der Waals surface area contributed by atoms with Gasteiger partial charge >= 0.3 is 5.97 Å². The molecule has 0 aromatic heterocycles. The lowest BCUT2D eigenvalue weighted by Gasteiger charge is -2.39. The topological polar surface area (TPSA) is 162 Å². The maximum Gasteiger partial charge on any atom is 0.303 e. The molecule has 0 bridgehead atoms. The van der Waals surface area contributed by atoms with Crippen molar-refractivity contribution in [1.82, 2.24) is 10.6 Å². The summed E-state index contributed by atoms with van der Waals surface area (Å²) in [6.07, 6.45) is 11.6. The van der Waals surface area contributed by atoms with Crippen molar-refractivity contribution in [3.05, 3.63) is 36.0 Å². The van der Waals surface area contributed by atoms with Gasteiger partial charge in [-0.2, -0.15) is 0 Å². The molecule has 9 atom stereocenters. The van der Waals surface area contributed by atoms with E-state index < -0.39 is 29.9 Å². The third kappa shape index (κ3) is 11.4. The van der Waals surface area contributed by atoms with Gasteiger partial charge in [0.1, 0.15) is 23.9 Å². The zero-order chi connectivity index (χ0) is 32.3. The van der Waals surface area contributed by atoms with Crippen molar-refractivity contribution >= 4 is 17.8 Å². The fourth-order valence-corrected chi connectivity index (χ4v) is 5.84. The van der Waals surface area contributed by atoms with Crippen molar-refractivity contribution in [2.75, 3.05) is 19.7 Å². The Balaban J connectivity index is 1.47. The predicted octanol–water partition coefficient (Wildman–Crippen LogP) is 2.61. The zero-order valence-electron chi connectivity index (χ0n) is 27.0. The minimum Gasteiger partial charge on any atom is -0.459 e. The van der Waals surface area contributed by atoms with Gasteiger partial charge in [-0.3, -0.25) is 14.4 Å². The van der Waals surface area contributed by atoms with Gasteiger partial charge in [-0.1, -0.05) is 37.1 Å². The molecule has 2 amide bonds. The lowest BCUT2D eigenvalue weighted by atomic mass is 9.87. The highest BCUT2D eigenvalue weighted by Gasteiger charge is 2.58. The Labute approximate surface area is 262 Å². The van der Waals surface area contributed by atoms with Crippen LogP contribution in [0.15, 0.2) is 36.0 Å². The maximum absolute atomic E-state index is 12.5. The number of amides is 2. The average Bonchev–Trinajstić information content (AvgIpc) is 3.73. The summed E-state index contributed by atoms with van der Waals surface area (Å²) >= 11 is 0. The Hall–Kier alpha value is -2.57. The number of aliphatic hydroxyl groups is 1. The van der Waals surface area contributed by atoms with E-state index >= 15 is 0 Å². The molecule has 0 aromatic rings. The second-order valence-corrected chi connectivity index (χ2v) is 12.6. The van der Waals surface area contributed by atoms with Crippen LogP contribution in [0.5, 0.6) is 0 Å². The lowest BCUT2D eigenvalue weighted by Crippen LogP contribution is -2.50. The third-order valence-corrected chi connectivity index (χ3v) is 8.54. The van der Waals surface area contributed by atoms with Gasteiger partial charge in [0.05, 0.1) is 37.4 Å². The molecule has 3 aliphatic rings. The van der Waals surface area contributed by atoms with Crippen molar-refractivity contribution in [2.45, 2.75) is 128 Å². The lowest BCUT2D eigenvalue weighted by molar-refractivity contribution is -0.145. The molecular formula is C33H53N3O8. The van der Waals surface area contributed by atoms with Gasteiger partial charge in [-0.05, 0) is 65.0 Å². The predicted molar refractivity (Wildman–Crippen MR) is 166 cm³/mol. The number of rotatable bonds is 15. The molecule has 11 nitrogen and oxygen atoms in total. The van der Waals surface area contributed by atoms with Crippen LogP contribution in [-0.4, -0.2) is 90.9 Å². The standard InChI is InChI=1S/C33H53N3O8/c1-21(9-12-28-22(2)17-27(24(4)43-28)36-30(38)14-11-23(3)42-25(5)37)10-13-29-32(40)33(20-41-33)19-26(44-29)18-31(39)35-16-8-6-7-15-34/h9-11,13-14,22-24,26-29,32,40H,6-8,12,15-20,34H2,1-5H3,(H,35,39)(H,36,38)/b13-10+,14-11?,21-9+/t22-,23?,24+,26+,27+,28-,29+,32+,33+/m0/s1. The number of esters is 1.